The average molecular weight is 400 g/mol. The molecule has 1 rings (SSSR count). The number of carboxylic acid groups (broad SMARTS) is 1. The van der Waals surface area contributed by atoms with Crippen LogP contribution in [-0.4, -0.2) is 21.5 Å². The fraction of sp³-hybridized carbons (Fsp3) is 0.417. The van der Waals surface area contributed by atoms with Gasteiger partial charge in [-0.25, -0.2) is 4.79 Å². The van der Waals surface area contributed by atoms with Crippen molar-refractivity contribution in [1.29, 1.82) is 0 Å². The Bertz CT molecular complexity index is 393. The van der Waals surface area contributed by atoms with Crippen LogP contribution in [0.15, 0.2) is 28.7 Å². The molecule has 1 N–H and O–H groups in total. The maximum atomic E-state index is 10.7. The smallest absolute Gasteiger partial charge is 0.335 e. The molecule has 0 aliphatic carbocycles. The summed E-state index contributed by atoms with van der Waals surface area (Å²) in [5.74, 6) is -1.07. The van der Waals surface area contributed by atoms with Gasteiger partial charge in [0, 0.05) is 11.1 Å². The maximum Gasteiger partial charge on any atom is 0.335 e. The van der Waals surface area contributed by atoms with E-state index in [1.807, 2.05) is 24.3 Å². The van der Waals surface area contributed by atoms with Gasteiger partial charge in [0.1, 0.15) is 0 Å². The highest BCUT2D eigenvalue weighted by Crippen LogP contribution is 2.29. The lowest BCUT2D eigenvalue weighted by atomic mass is 10.2. The summed E-state index contributed by atoms with van der Waals surface area (Å²) in [5.41, 5.74) is 1.08. The van der Waals surface area contributed by atoms with Gasteiger partial charge < -0.3 is 9.84 Å². The molecule has 1 aromatic carbocycles. The Labute approximate surface area is 128 Å². The molecule has 0 aliphatic heterocycles. The van der Waals surface area contributed by atoms with E-state index in [9.17, 15) is 4.79 Å². The second-order valence-corrected chi connectivity index (χ2v) is 7.16. The Morgan fingerprint density at radius 3 is 2.56 bits per heavy atom. The Morgan fingerprint density at radius 1 is 1.39 bits per heavy atom. The fourth-order valence-corrected chi connectivity index (χ4v) is 1.95. The van der Waals surface area contributed by atoms with E-state index < -0.39 is 9.75 Å². The molecule has 18 heavy (non-hydrogen) atoms. The first-order valence-electron chi connectivity index (χ1n) is 5.35. The minimum Gasteiger partial charge on any atom is -0.479 e. The van der Waals surface area contributed by atoms with Gasteiger partial charge in [0.15, 0.2) is 3.78 Å². The zero-order valence-electron chi connectivity index (χ0n) is 9.54. The van der Waals surface area contributed by atoms with Crippen LogP contribution in [0, 0.1) is 0 Å². The van der Waals surface area contributed by atoms with E-state index in [4.69, 9.17) is 21.4 Å². The average Bonchev–Trinajstić information content (AvgIpc) is 2.31. The number of benzene rings is 1. The van der Waals surface area contributed by atoms with Crippen molar-refractivity contribution in [2.24, 2.45) is 0 Å². The lowest BCUT2D eigenvalue weighted by molar-refractivity contribution is -0.137. The molecule has 0 fully saturated rings. The summed E-state index contributed by atoms with van der Waals surface area (Å²) >= 11 is 12.1. The quantitative estimate of drug-likeness (QED) is 0.552. The first-order valence-corrected chi connectivity index (χ1v) is 7.31. The number of alkyl halides is 2. The predicted molar refractivity (Wildman–Crippen MR) is 78.2 cm³/mol. The van der Waals surface area contributed by atoms with Gasteiger partial charge in [-0.05, 0) is 30.5 Å². The molecule has 1 unspecified atom stereocenters. The molecule has 0 bridgehead atoms. The molecule has 0 saturated heterocycles. The molecule has 0 amide bonds. The highest BCUT2D eigenvalue weighted by atomic mass is 79.9. The van der Waals surface area contributed by atoms with Gasteiger partial charge in [-0.1, -0.05) is 55.6 Å². The highest BCUT2D eigenvalue weighted by Gasteiger charge is 2.31. The van der Waals surface area contributed by atoms with Gasteiger partial charge in [0.25, 0.3) is 0 Å². The topological polar surface area (TPSA) is 46.5 Å². The van der Waals surface area contributed by atoms with Crippen molar-refractivity contribution < 1.29 is 14.6 Å². The third-order valence-corrected chi connectivity index (χ3v) is 3.89. The fourth-order valence-electron chi connectivity index (χ4n) is 1.27. The Balaban J connectivity index is 2.20. The van der Waals surface area contributed by atoms with Crippen LogP contribution < -0.4 is 0 Å². The van der Waals surface area contributed by atoms with Crippen LogP contribution >= 0.6 is 43.5 Å². The van der Waals surface area contributed by atoms with Gasteiger partial charge in [0.05, 0.1) is 6.61 Å². The molecule has 6 heteroatoms. The number of carbonyl (C=O) groups is 1. The molecule has 3 nitrogen and oxygen atoms in total. The summed E-state index contributed by atoms with van der Waals surface area (Å²) < 4.78 is 5.09. The second-order valence-electron chi connectivity index (χ2n) is 3.79. The molecule has 0 saturated carbocycles. The highest BCUT2D eigenvalue weighted by molar-refractivity contribution is 9.11. The molecule has 0 spiro atoms. The van der Waals surface area contributed by atoms with E-state index in [0.29, 0.717) is 26.1 Å². The lowest BCUT2D eigenvalue weighted by Gasteiger charge is -2.13. The summed E-state index contributed by atoms with van der Waals surface area (Å²) in [5, 5.41) is 8.78. The number of hydrogen-bond donors (Lipinski definition) is 1. The van der Waals surface area contributed by atoms with Crippen LogP contribution in [0.3, 0.4) is 0 Å². The zero-order chi connectivity index (χ0) is 13.6. The van der Waals surface area contributed by atoms with Crippen molar-refractivity contribution in [2.45, 2.75) is 23.2 Å². The minimum atomic E-state index is -1.38. The molecule has 0 aliphatic rings. The van der Waals surface area contributed by atoms with E-state index in [2.05, 4.69) is 31.9 Å². The van der Waals surface area contributed by atoms with Crippen molar-refractivity contribution in [3.63, 3.8) is 0 Å². The minimum absolute atomic E-state index is 0.310. The standard InChI is InChI=1S/C12H13Br2ClO3/c13-10-4-2-9(3-5-10)8-18-7-1-6-12(14,15)11(16)17/h2-5H,1,6-8H2,(H,16,17). The van der Waals surface area contributed by atoms with E-state index >= 15 is 0 Å². The second kappa shape index (κ2) is 7.48. The van der Waals surface area contributed by atoms with Crippen LogP contribution in [-0.2, 0) is 16.1 Å². The van der Waals surface area contributed by atoms with Crippen LogP contribution in [0.4, 0.5) is 0 Å². The van der Waals surface area contributed by atoms with Crippen molar-refractivity contribution in [1.82, 2.24) is 0 Å². The lowest BCUT2D eigenvalue weighted by Crippen LogP contribution is -2.25. The number of rotatable bonds is 7. The summed E-state index contributed by atoms with van der Waals surface area (Å²) in [6.07, 6.45) is 0.891. The normalized spacial score (nSPS) is 14.2. The Kier molecular flexibility index (Phi) is 6.63. The number of hydrogen-bond acceptors (Lipinski definition) is 2. The SMILES string of the molecule is O=C(O)C(Cl)(Br)CCCOCc1ccc(Br)cc1. The summed E-state index contributed by atoms with van der Waals surface area (Å²) in [6, 6.07) is 7.84. The van der Waals surface area contributed by atoms with Crippen LogP contribution in [0.2, 0.25) is 0 Å². The monoisotopic (exact) mass is 398 g/mol. The molecular formula is C12H13Br2ClO3. The molecule has 0 aromatic heterocycles. The van der Waals surface area contributed by atoms with Gasteiger partial charge in [-0.15, -0.1) is 0 Å². The molecule has 100 valence electrons. The van der Waals surface area contributed by atoms with Crippen LogP contribution in [0.25, 0.3) is 0 Å². The van der Waals surface area contributed by atoms with Crippen LogP contribution in [0.1, 0.15) is 18.4 Å². The molecule has 1 aromatic rings. The van der Waals surface area contributed by atoms with Crippen molar-refractivity contribution in [3.8, 4) is 0 Å². The van der Waals surface area contributed by atoms with E-state index in [1.54, 1.807) is 0 Å². The number of carboxylic acids is 1. The van der Waals surface area contributed by atoms with Crippen molar-refractivity contribution >= 4 is 49.4 Å². The maximum absolute atomic E-state index is 10.7. The summed E-state index contributed by atoms with van der Waals surface area (Å²) in [6.45, 7) is 0.987. The van der Waals surface area contributed by atoms with Gasteiger partial charge in [0.2, 0.25) is 0 Å². The largest absolute Gasteiger partial charge is 0.479 e. The van der Waals surface area contributed by atoms with Gasteiger partial charge >= 0.3 is 5.97 Å². The number of ether oxygens (including phenoxy) is 1. The third kappa shape index (κ3) is 5.69. The van der Waals surface area contributed by atoms with E-state index in [-0.39, 0.29) is 0 Å². The van der Waals surface area contributed by atoms with Crippen molar-refractivity contribution in [2.75, 3.05) is 6.61 Å². The zero-order valence-corrected chi connectivity index (χ0v) is 13.5. The Hall–Kier alpha value is -0.100. The molecule has 0 heterocycles. The number of halogens is 3. The number of aliphatic carboxylic acids is 1. The molecule has 1 atom stereocenters. The first kappa shape index (κ1) is 16.0. The molecular weight excluding hydrogens is 387 g/mol. The van der Waals surface area contributed by atoms with E-state index in [0.717, 1.165) is 10.0 Å². The Morgan fingerprint density at radius 2 is 2.00 bits per heavy atom. The third-order valence-electron chi connectivity index (χ3n) is 2.27. The van der Waals surface area contributed by atoms with Gasteiger partial charge in [-0.3, -0.25) is 0 Å². The summed E-state index contributed by atoms with van der Waals surface area (Å²) in [7, 11) is 0. The van der Waals surface area contributed by atoms with Crippen molar-refractivity contribution in [3.05, 3.63) is 34.3 Å². The molecule has 0 radical (unpaired) electrons. The summed E-state index contributed by atoms with van der Waals surface area (Å²) in [4.78, 5) is 10.7. The van der Waals surface area contributed by atoms with E-state index in [1.165, 1.54) is 0 Å². The van der Waals surface area contributed by atoms with Gasteiger partial charge in [-0.2, -0.15) is 0 Å². The van der Waals surface area contributed by atoms with Crippen LogP contribution in [0.5, 0.6) is 0 Å². The predicted octanol–water partition coefficient (Wildman–Crippen LogP) is 4.16. The first-order chi connectivity index (χ1) is 8.42.